The minimum absolute atomic E-state index is 1.01. The van der Waals surface area contributed by atoms with Gasteiger partial charge in [-0.05, 0) is 25.1 Å². The Balaban J connectivity index is 2.55. The van der Waals surface area contributed by atoms with Crippen molar-refractivity contribution in [2.75, 3.05) is 0 Å². The molecule has 0 radical (unpaired) electrons. The van der Waals surface area contributed by atoms with Gasteiger partial charge in [-0.3, -0.25) is 4.98 Å². The first-order valence-electron chi connectivity index (χ1n) is 4.46. The van der Waals surface area contributed by atoms with E-state index in [1.807, 2.05) is 43.3 Å². The van der Waals surface area contributed by atoms with Crippen molar-refractivity contribution in [1.82, 2.24) is 4.98 Å². The minimum Gasteiger partial charge on any atom is -0.253 e. The first kappa shape index (κ1) is 9.41. The Morgan fingerprint density at radius 2 is 1.79 bits per heavy atom. The van der Waals surface area contributed by atoms with Crippen molar-refractivity contribution in [3.8, 4) is 11.3 Å². The quantitative estimate of drug-likeness (QED) is 0.747. The predicted octanol–water partition coefficient (Wildman–Crippen LogP) is 3.82. The molecule has 0 bridgehead atoms. The second kappa shape index (κ2) is 3.93. The molecule has 70 valence electrons. The van der Waals surface area contributed by atoms with E-state index in [9.17, 15) is 0 Å². The molecule has 0 spiro atoms. The lowest BCUT2D eigenvalue weighted by Crippen LogP contribution is -1.86. The molecule has 0 N–H and O–H groups in total. The van der Waals surface area contributed by atoms with Crippen molar-refractivity contribution in [3.05, 3.63) is 52.6 Å². The van der Waals surface area contributed by atoms with Crippen LogP contribution in [0.25, 0.3) is 11.3 Å². The average Bonchev–Trinajstić information content (AvgIpc) is 2.18. The fourth-order valence-electron chi connectivity index (χ4n) is 1.36. The number of aromatic nitrogens is 1. The van der Waals surface area contributed by atoms with Gasteiger partial charge in [0.05, 0.1) is 5.69 Å². The molecule has 0 saturated carbocycles. The lowest BCUT2D eigenvalue weighted by Gasteiger charge is -2.03. The normalized spacial score (nSPS) is 10.1. The summed E-state index contributed by atoms with van der Waals surface area (Å²) in [6.45, 7) is 2.00. The highest BCUT2D eigenvalue weighted by Gasteiger charge is 2.02. The number of aryl methyl sites for hydroxylation is 1. The highest BCUT2D eigenvalue weighted by atomic mass is 79.9. The third-order valence-electron chi connectivity index (χ3n) is 2.04. The summed E-state index contributed by atoms with van der Waals surface area (Å²) < 4.78 is 1.08. The molecule has 1 aromatic heterocycles. The van der Waals surface area contributed by atoms with Crippen LogP contribution in [0.4, 0.5) is 0 Å². The lowest BCUT2D eigenvalue weighted by molar-refractivity contribution is 1.20. The van der Waals surface area contributed by atoms with Gasteiger partial charge in [0.15, 0.2) is 0 Å². The van der Waals surface area contributed by atoms with E-state index in [-0.39, 0.29) is 0 Å². The van der Waals surface area contributed by atoms with Crippen molar-refractivity contribution in [2.24, 2.45) is 0 Å². The fraction of sp³-hybridized carbons (Fsp3) is 0.0833. The van der Waals surface area contributed by atoms with Crippen LogP contribution < -0.4 is 0 Å². The monoisotopic (exact) mass is 247 g/mol. The third kappa shape index (κ3) is 1.85. The van der Waals surface area contributed by atoms with Gasteiger partial charge in [0, 0.05) is 15.7 Å². The molecule has 1 heterocycles. The van der Waals surface area contributed by atoms with Crippen LogP contribution in [0, 0.1) is 6.92 Å². The first-order valence-corrected chi connectivity index (χ1v) is 5.25. The molecule has 1 aromatic carbocycles. The van der Waals surface area contributed by atoms with Crippen LogP contribution in [0.5, 0.6) is 0 Å². The maximum Gasteiger partial charge on any atom is 0.0716 e. The second-order valence-corrected chi connectivity index (χ2v) is 4.00. The average molecular weight is 248 g/mol. The first-order chi connectivity index (χ1) is 6.77. The summed E-state index contributed by atoms with van der Waals surface area (Å²) in [6, 6.07) is 14.2. The van der Waals surface area contributed by atoms with Crippen molar-refractivity contribution in [1.29, 1.82) is 0 Å². The molecule has 0 unspecified atom stereocenters. The molecule has 0 aliphatic carbocycles. The Morgan fingerprint density at radius 1 is 1.00 bits per heavy atom. The zero-order valence-corrected chi connectivity index (χ0v) is 9.45. The van der Waals surface area contributed by atoms with Gasteiger partial charge in [0.1, 0.15) is 0 Å². The molecule has 0 aliphatic heterocycles. The van der Waals surface area contributed by atoms with E-state index in [4.69, 9.17) is 0 Å². The summed E-state index contributed by atoms with van der Waals surface area (Å²) in [5.74, 6) is 0. The predicted molar refractivity (Wildman–Crippen MR) is 62.1 cm³/mol. The van der Waals surface area contributed by atoms with Crippen molar-refractivity contribution in [3.63, 3.8) is 0 Å². The summed E-state index contributed by atoms with van der Waals surface area (Å²) in [6.07, 6.45) is 0. The molecule has 2 heteroatoms. The Hall–Kier alpha value is -1.15. The fourth-order valence-corrected chi connectivity index (χ4v) is 1.85. The van der Waals surface area contributed by atoms with Gasteiger partial charge in [0.2, 0.25) is 0 Å². The smallest absolute Gasteiger partial charge is 0.0716 e. The number of pyridine rings is 1. The molecule has 1 nitrogen and oxygen atoms in total. The molecule has 0 aliphatic rings. The van der Waals surface area contributed by atoms with Gasteiger partial charge in [-0.25, -0.2) is 0 Å². The van der Waals surface area contributed by atoms with Gasteiger partial charge in [-0.1, -0.05) is 40.2 Å². The highest BCUT2D eigenvalue weighted by Crippen LogP contribution is 2.26. The number of nitrogens with zero attached hydrogens (tertiary/aromatic N) is 1. The van der Waals surface area contributed by atoms with Crippen LogP contribution in [-0.2, 0) is 0 Å². The molecule has 2 rings (SSSR count). The summed E-state index contributed by atoms with van der Waals surface area (Å²) in [5.41, 5.74) is 3.19. The van der Waals surface area contributed by atoms with E-state index in [1.54, 1.807) is 0 Å². The number of halogens is 1. The highest BCUT2D eigenvalue weighted by molar-refractivity contribution is 9.10. The van der Waals surface area contributed by atoms with Gasteiger partial charge in [-0.15, -0.1) is 0 Å². The van der Waals surface area contributed by atoms with Crippen LogP contribution in [0.3, 0.4) is 0 Å². The maximum absolute atomic E-state index is 4.47. The molecule has 0 amide bonds. The minimum atomic E-state index is 1.01. The zero-order valence-electron chi connectivity index (χ0n) is 7.87. The molecule has 0 atom stereocenters. The Kier molecular flexibility index (Phi) is 2.64. The molecule has 2 aromatic rings. The molecular weight excluding hydrogens is 238 g/mol. The van der Waals surface area contributed by atoms with Crippen molar-refractivity contribution in [2.45, 2.75) is 6.92 Å². The van der Waals surface area contributed by atoms with Gasteiger partial charge in [-0.2, -0.15) is 0 Å². The SMILES string of the molecule is Cc1cccc(-c2ccccc2Br)n1. The van der Waals surface area contributed by atoms with Crippen LogP contribution in [0.1, 0.15) is 5.69 Å². The van der Waals surface area contributed by atoms with Gasteiger partial charge >= 0.3 is 0 Å². The number of hydrogen-bond donors (Lipinski definition) is 0. The van der Waals surface area contributed by atoms with E-state index in [0.29, 0.717) is 0 Å². The molecular formula is C12H10BrN. The van der Waals surface area contributed by atoms with E-state index in [0.717, 1.165) is 21.4 Å². The largest absolute Gasteiger partial charge is 0.253 e. The van der Waals surface area contributed by atoms with Gasteiger partial charge in [0.25, 0.3) is 0 Å². The van der Waals surface area contributed by atoms with Crippen molar-refractivity contribution < 1.29 is 0 Å². The maximum atomic E-state index is 4.47. The molecule has 0 saturated heterocycles. The lowest BCUT2D eigenvalue weighted by atomic mass is 10.1. The number of hydrogen-bond acceptors (Lipinski definition) is 1. The summed E-state index contributed by atoms with van der Waals surface area (Å²) in [5, 5.41) is 0. The Labute approximate surface area is 91.9 Å². The Morgan fingerprint density at radius 3 is 2.50 bits per heavy atom. The number of rotatable bonds is 1. The van der Waals surface area contributed by atoms with Gasteiger partial charge < -0.3 is 0 Å². The van der Waals surface area contributed by atoms with E-state index >= 15 is 0 Å². The van der Waals surface area contributed by atoms with Crippen LogP contribution in [-0.4, -0.2) is 4.98 Å². The second-order valence-electron chi connectivity index (χ2n) is 3.14. The standard InChI is InChI=1S/C12H10BrN/c1-9-5-4-8-12(14-9)10-6-2-3-7-11(10)13/h2-8H,1H3. The van der Waals surface area contributed by atoms with Crippen LogP contribution in [0.15, 0.2) is 46.9 Å². The van der Waals surface area contributed by atoms with Crippen LogP contribution >= 0.6 is 15.9 Å². The summed E-state index contributed by atoms with van der Waals surface area (Å²) in [4.78, 5) is 4.47. The Bertz CT molecular complexity index is 452. The van der Waals surface area contributed by atoms with Crippen LogP contribution in [0.2, 0.25) is 0 Å². The summed E-state index contributed by atoms with van der Waals surface area (Å²) in [7, 11) is 0. The molecule has 0 fully saturated rings. The van der Waals surface area contributed by atoms with E-state index < -0.39 is 0 Å². The third-order valence-corrected chi connectivity index (χ3v) is 2.73. The molecule has 14 heavy (non-hydrogen) atoms. The topological polar surface area (TPSA) is 12.9 Å². The number of benzene rings is 1. The zero-order chi connectivity index (χ0) is 9.97. The van der Waals surface area contributed by atoms with E-state index in [1.165, 1.54) is 0 Å². The van der Waals surface area contributed by atoms with E-state index in [2.05, 4.69) is 27.0 Å². The van der Waals surface area contributed by atoms with Crippen molar-refractivity contribution >= 4 is 15.9 Å². The summed E-state index contributed by atoms with van der Waals surface area (Å²) >= 11 is 3.52.